The Balaban J connectivity index is 1.85. The van der Waals surface area contributed by atoms with E-state index in [9.17, 15) is 17.6 Å². The lowest BCUT2D eigenvalue weighted by molar-refractivity contribution is -0.121. The number of carbonyl (C=O) groups excluding carboxylic acids is 1. The molecule has 2 rings (SSSR count). The number of nitrogens with one attached hydrogen (secondary N) is 1. The summed E-state index contributed by atoms with van der Waals surface area (Å²) >= 11 is 11.7. The predicted octanol–water partition coefficient (Wildman–Crippen LogP) is 3.52. The molecular weight excluding hydrogens is 390 g/mol. The number of sulfonamides is 1. The van der Waals surface area contributed by atoms with Gasteiger partial charge >= 0.3 is 0 Å². The minimum Gasteiger partial charge on any atom is -0.350 e. The number of halogens is 3. The number of carbonyl (C=O) groups is 1. The van der Waals surface area contributed by atoms with Crippen LogP contribution in [0.15, 0.2) is 12.1 Å². The fourth-order valence-corrected chi connectivity index (χ4v) is 4.90. The van der Waals surface area contributed by atoms with E-state index < -0.39 is 21.9 Å². The van der Waals surface area contributed by atoms with Crippen LogP contribution in [0.1, 0.15) is 44.2 Å². The van der Waals surface area contributed by atoms with Crippen molar-refractivity contribution in [2.24, 2.45) is 0 Å². The van der Waals surface area contributed by atoms with Crippen LogP contribution < -0.4 is 5.32 Å². The SMILES string of the molecule is CC(NC(=O)CCCS(=O)(=O)N1CCCC1)c1cc(F)c(Cl)cc1Cl. The monoisotopic (exact) mass is 410 g/mol. The third-order valence-corrected chi connectivity index (χ3v) is 6.72. The normalized spacial score (nSPS) is 16.8. The van der Waals surface area contributed by atoms with Gasteiger partial charge in [-0.05, 0) is 43.9 Å². The molecule has 5 nitrogen and oxygen atoms in total. The summed E-state index contributed by atoms with van der Waals surface area (Å²) in [6.07, 6.45) is 2.08. The van der Waals surface area contributed by atoms with E-state index in [1.807, 2.05) is 0 Å². The first-order chi connectivity index (χ1) is 11.7. The predicted molar refractivity (Wildman–Crippen MR) is 96.8 cm³/mol. The number of hydrogen-bond acceptors (Lipinski definition) is 3. The van der Waals surface area contributed by atoms with Crippen molar-refractivity contribution in [3.63, 3.8) is 0 Å². The second-order valence-electron chi connectivity index (χ2n) is 6.10. The van der Waals surface area contributed by atoms with Crippen LogP contribution in [0.3, 0.4) is 0 Å². The topological polar surface area (TPSA) is 66.5 Å². The van der Waals surface area contributed by atoms with E-state index >= 15 is 0 Å². The summed E-state index contributed by atoms with van der Waals surface area (Å²) in [6, 6.07) is 1.97. The zero-order chi connectivity index (χ0) is 18.6. The highest BCUT2D eigenvalue weighted by Gasteiger charge is 2.25. The fourth-order valence-electron chi connectivity index (χ4n) is 2.77. The number of hydrogen-bond donors (Lipinski definition) is 1. The van der Waals surface area contributed by atoms with Gasteiger partial charge in [-0.3, -0.25) is 4.79 Å². The molecule has 1 aliphatic heterocycles. The van der Waals surface area contributed by atoms with Gasteiger partial charge in [0.25, 0.3) is 0 Å². The number of benzene rings is 1. The fraction of sp³-hybridized carbons (Fsp3) is 0.562. The molecule has 1 amide bonds. The van der Waals surface area contributed by atoms with Gasteiger partial charge < -0.3 is 5.32 Å². The summed E-state index contributed by atoms with van der Waals surface area (Å²) in [5.74, 6) is -0.972. The standard InChI is InChI=1S/C16H21Cl2FN2O3S/c1-11(12-9-15(19)14(18)10-13(12)17)20-16(22)5-4-8-25(23,24)21-6-2-3-7-21/h9-11H,2-8H2,1H3,(H,20,22). The summed E-state index contributed by atoms with van der Waals surface area (Å²) in [5.41, 5.74) is 0.418. The highest BCUT2D eigenvalue weighted by Crippen LogP contribution is 2.28. The molecule has 1 N–H and O–H groups in total. The molecule has 0 aliphatic carbocycles. The molecule has 0 bridgehead atoms. The Kier molecular flexibility index (Phi) is 7.08. The minimum atomic E-state index is -3.29. The molecule has 1 aromatic rings. The molecule has 1 fully saturated rings. The highest BCUT2D eigenvalue weighted by atomic mass is 35.5. The minimum absolute atomic E-state index is 0.0505. The second kappa shape index (κ2) is 8.66. The first-order valence-electron chi connectivity index (χ1n) is 8.12. The zero-order valence-electron chi connectivity index (χ0n) is 13.9. The summed E-state index contributed by atoms with van der Waals surface area (Å²) < 4.78 is 39.2. The van der Waals surface area contributed by atoms with Gasteiger partial charge in [-0.15, -0.1) is 0 Å². The maximum absolute atomic E-state index is 13.6. The van der Waals surface area contributed by atoms with Crippen LogP contribution in [0, 0.1) is 5.82 Å². The van der Waals surface area contributed by atoms with Gasteiger partial charge in [0.1, 0.15) is 5.82 Å². The smallest absolute Gasteiger partial charge is 0.220 e. The molecule has 1 saturated heterocycles. The molecule has 0 spiro atoms. The van der Waals surface area contributed by atoms with E-state index in [4.69, 9.17) is 23.2 Å². The Bertz CT molecular complexity index is 737. The summed E-state index contributed by atoms with van der Waals surface area (Å²) in [6.45, 7) is 2.80. The summed E-state index contributed by atoms with van der Waals surface area (Å²) in [4.78, 5) is 12.0. The zero-order valence-corrected chi connectivity index (χ0v) is 16.2. The lowest BCUT2D eigenvalue weighted by Gasteiger charge is -2.17. The van der Waals surface area contributed by atoms with Crippen LogP contribution in [0.2, 0.25) is 10.0 Å². The lowest BCUT2D eigenvalue weighted by Crippen LogP contribution is -2.31. The molecule has 0 radical (unpaired) electrons. The van der Waals surface area contributed by atoms with E-state index in [0.29, 0.717) is 18.7 Å². The Labute approximate surface area is 157 Å². The number of amides is 1. The number of rotatable bonds is 7. The maximum Gasteiger partial charge on any atom is 0.220 e. The van der Waals surface area contributed by atoms with Crippen molar-refractivity contribution in [2.75, 3.05) is 18.8 Å². The van der Waals surface area contributed by atoms with Gasteiger partial charge in [-0.1, -0.05) is 23.2 Å². The van der Waals surface area contributed by atoms with Crippen molar-refractivity contribution in [1.82, 2.24) is 9.62 Å². The lowest BCUT2D eigenvalue weighted by atomic mass is 10.1. The van der Waals surface area contributed by atoms with Crippen LogP contribution in [0.25, 0.3) is 0 Å². The van der Waals surface area contributed by atoms with Crippen molar-refractivity contribution in [3.05, 3.63) is 33.6 Å². The highest BCUT2D eigenvalue weighted by molar-refractivity contribution is 7.89. The Morgan fingerprint density at radius 1 is 1.28 bits per heavy atom. The van der Waals surface area contributed by atoms with E-state index in [1.165, 1.54) is 16.4 Å². The van der Waals surface area contributed by atoms with Crippen LogP contribution in [0.5, 0.6) is 0 Å². The van der Waals surface area contributed by atoms with E-state index in [1.54, 1.807) is 6.92 Å². The van der Waals surface area contributed by atoms with Crippen LogP contribution >= 0.6 is 23.2 Å². The second-order valence-corrected chi connectivity index (χ2v) is 9.01. The molecule has 1 atom stereocenters. The van der Waals surface area contributed by atoms with Crippen molar-refractivity contribution < 1.29 is 17.6 Å². The van der Waals surface area contributed by atoms with E-state index in [0.717, 1.165) is 12.8 Å². The molecule has 1 heterocycles. The van der Waals surface area contributed by atoms with Gasteiger partial charge in [-0.2, -0.15) is 0 Å². The molecule has 1 aliphatic rings. The van der Waals surface area contributed by atoms with Crippen molar-refractivity contribution in [2.45, 2.75) is 38.6 Å². The van der Waals surface area contributed by atoms with Crippen LogP contribution in [-0.4, -0.2) is 37.5 Å². The van der Waals surface area contributed by atoms with E-state index in [-0.39, 0.29) is 34.5 Å². The van der Waals surface area contributed by atoms with Gasteiger partial charge in [0.2, 0.25) is 15.9 Å². The molecule has 1 unspecified atom stereocenters. The van der Waals surface area contributed by atoms with Gasteiger partial charge in [0.15, 0.2) is 0 Å². The first kappa shape index (κ1) is 20.4. The molecule has 0 saturated carbocycles. The maximum atomic E-state index is 13.6. The van der Waals surface area contributed by atoms with Crippen LogP contribution in [-0.2, 0) is 14.8 Å². The largest absolute Gasteiger partial charge is 0.350 e. The number of nitrogens with zero attached hydrogens (tertiary/aromatic N) is 1. The van der Waals surface area contributed by atoms with E-state index in [2.05, 4.69) is 5.32 Å². The van der Waals surface area contributed by atoms with Gasteiger partial charge in [0, 0.05) is 24.5 Å². The van der Waals surface area contributed by atoms with Crippen molar-refractivity contribution >= 4 is 39.1 Å². The van der Waals surface area contributed by atoms with Crippen molar-refractivity contribution in [1.29, 1.82) is 0 Å². The van der Waals surface area contributed by atoms with Crippen LogP contribution in [0.4, 0.5) is 4.39 Å². The third-order valence-electron chi connectivity index (χ3n) is 4.15. The van der Waals surface area contributed by atoms with Crippen molar-refractivity contribution in [3.8, 4) is 0 Å². The Morgan fingerprint density at radius 2 is 1.92 bits per heavy atom. The average Bonchev–Trinajstić information content (AvgIpc) is 3.05. The van der Waals surface area contributed by atoms with Gasteiger partial charge in [-0.25, -0.2) is 17.1 Å². The molecule has 140 valence electrons. The quantitative estimate of drug-likeness (QED) is 0.699. The Morgan fingerprint density at radius 3 is 2.56 bits per heavy atom. The Hall–Kier alpha value is -0.890. The molecular formula is C16H21Cl2FN2O3S. The summed E-state index contributed by atoms with van der Waals surface area (Å²) in [7, 11) is -3.29. The van der Waals surface area contributed by atoms with Gasteiger partial charge in [0.05, 0.1) is 16.8 Å². The third kappa shape index (κ3) is 5.54. The molecule has 1 aromatic carbocycles. The molecule has 25 heavy (non-hydrogen) atoms. The molecule has 0 aromatic heterocycles. The average molecular weight is 411 g/mol. The first-order valence-corrected chi connectivity index (χ1v) is 10.5. The molecule has 9 heteroatoms. The summed E-state index contributed by atoms with van der Waals surface area (Å²) in [5, 5.41) is 2.87.